The van der Waals surface area contributed by atoms with E-state index in [9.17, 15) is 19.7 Å². The summed E-state index contributed by atoms with van der Waals surface area (Å²) in [6, 6.07) is 3.89. The van der Waals surface area contributed by atoms with E-state index < -0.39 is 18.2 Å². The molecule has 0 spiro atoms. The van der Waals surface area contributed by atoms with Crippen LogP contribution in [-0.2, 0) is 13.6 Å². The first-order valence-electron chi connectivity index (χ1n) is 7.40. The normalized spacial score (nSPS) is 29.5. The molecule has 1 aliphatic heterocycles. The zero-order chi connectivity index (χ0) is 16.0. The molecule has 0 bridgehead atoms. The molecule has 1 aliphatic rings. The zero-order valence-electron chi connectivity index (χ0n) is 12.6. The van der Waals surface area contributed by atoms with Crippen molar-refractivity contribution in [2.45, 2.75) is 37.8 Å². The Balaban J connectivity index is 1.96. The van der Waals surface area contributed by atoms with E-state index in [-0.39, 0.29) is 18.5 Å². The second-order valence-electron chi connectivity index (χ2n) is 6.07. The molecule has 0 radical (unpaired) electrons. The van der Waals surface area contributed by atoms with Crippen molar-refractivity contribution >= 4 is 10.9 Å². The topological polar surface area (TPSA) is 68.9 Å². The summed E-state index contributed by atoms with van der Waals surface area (Å²) < 4.78 is 15.2. The molecule has 2 heterocycles. The van der Waals surface area contributed by atoms with Gasteiger partial charge in [0, 0.05) is 31.2 Å². The lowest BCUT2D eigenvalue weighted by molar-refractivity contribution is 0.0186. The first kappa shape index (κ1) is 15.4. The predicted molar refractivity (Wildman–Crippen MR) is 80.8 cm³/mol. The van der Waals surface area contributed by atoms with Crippen LogP contribution >= 0.6 is 0 Å². The van der Waals surface area contributed by atoms with Crippen molar-refractivity contribution in [3.63, 3.8) is 0 Å². The summed E-state index contributed by atoms with van der Waals surface area (Å²) in [6.45, 7) is 2.08. The lowest BCUT2D eigenvalue weighted by atomic mass is 10.1. The van der Waals surface area contributed by atoms with Gasteiger partial charge < -0.3 is 19.9 Å². The summed E-state index contributed by atoms with van der Waals surface area (Å²) in [6.07, 6.45) is 0.0690. The number of likely N-dealkylation sites (tertiary alicyclic amines) is 1. The van der Waals surface area contributed by atoms with Crippen molar-refractivity contribution in [3.05, 3.63) is 35.8 Å². The van der Waals surface area contributed by atoms with Crippen molar-refractivity contribution < 1.29 is 19.7 Å². The molecule has 6 heteroatoms. The summed E-state index contributed by atoms with van der Waals surface area (Å²) in [5.41, 5.74) is 1.77. The van der Waals surface area contributed by atoms with Gasteiger partial charge in [0.15, 0.2) is 0 Å². The predicted octanol–water partition coefficient (Wildman–Crippen LogP) is 0.604. The van der Waals surface area contributed by atoms with Crippen LogP contribution in [0.1, 0.15) is 12.5 Å². The molecule has 3 N–H and O–H groups in total. The summed E-state index contributed by atoms with van der Waals surface area (Å²) in [5.74, 6) is -0.283. The molecule has 5 nitrogen and oxygen atoms in total. The number of rotatable bonds is 3. The Morgan fingerprint density at radius 2 is 1.95 bits per heavy atom. The van der Waals surface area contributed by atoms with Gasteiger partial charge in [0.05, 0.1) is 30.4 Å². The highest BCUT2D eigenvalue weighted by atomic mass is 19.1. The molecule has 2 aromatic rings. The highest BCUT2D eigenvalue weighted by Gasteiger charge is 2.44. The Labute approximate surface area is 128 Å². The Morgan fingerprint density at radius 1 is 1.23 bits per heavy atom. The maximum Gasteiger partial charge on any atom is 0.125 e. The molecule has 4 atom stereocenters. The van der Waals surface area contributed by atoms with Crippen LogP contribution in [0.4, 0.5) is 4.39 Å². The van der Waals surface area contributed by atoms with E-state index in [0.29, 0.717) is 6.54 Å². The number of hydrogen-bond acceptors (Lipinski definition) is 4. The second-order valence-corrected chi connectivity index (χ2v) is 6.07. The van der Waals surface area contributed by atoms with E-state index in [1.807, 2.05) is 29.6 Å². The number of hydrogen-bond donors (Lipinski definition) is 3. The number of fused-ring (bicyclic) bond motifs is 1. The highest BCUT2D eigenvalue weighted by Crippen LogP contribution is 2.30. The molecule has 0 amide bonds. The van der Waals surface area contributed by atoms with Crippen molar-refractivity contribution in [2.24, 2.45) is 7.05 Å². The Morgan fingerprint density at radius 3 is 2.64 bits per heavy atom. The van der Waals surface area contributed by atoms with Gasteiger partial charge in [-0.25, -0.2) is 4.39 Å². The molecule has 1 saturated heterocycles. The SMILES string of the molecule is C[C@H]1[C@H](O)[C@H](O)[C@@H](CO)N1Cc1cn(C)c2cc(F)ccc12. The average molecular weight is 308 g/mol. The Hall–Kier alpha value is -1.47. The first-order chi connectivity index (χ1) is 10.4. The molecule has 1 aromatic carbocycles. The van der Waals surface area contributed by atoms with Gasteiger partial charge in [-0.2, -0.15) is 0 Å². The van der Waals surface area contributed by atoms with Gasteiger partial charge >= 0.3 is 0 Å². The summed E-state index contributed by atoms with van der Waals surface area (Å²) in [5, 5.41) is 30.5. The third-order valence-electron chi connectivity index (χ3n) is 4.76. The Bertz CT molecular complexity index is 687. The highest BCUT2D eigenvalue weighted by molar-refractivity contribution is 5.84. The number of nitrogens with zero attached hydrogens (tertiary/aromatic N) is 2. The van der Waals surface area contributed by atoms with Gasteiger partial charge in [-0.15, -0.1) is 0 Å². The quantitative estimate of drug-likeness (QED) is 0.777. The molecule has 0 saturated carbocycles. The van der Waals surface area contributed by atoms with Crippen LogP contribution in [0, 0.1) is 5.82 Å². The fourth-order valence-electron chi connectivity index (χ4n) is 3.45. The van der Waals surface area contributed by atoms with Gasteiger partial charge in [0.2, 0.25) is 0 Å². The number of aliphatic hydroxyl groups excluding tert-OH is 3. The van der Waals surface area contributed by atoms with Crippen LogP contribution in [0.15, 0.2) is 24.4 Å². The molecular formula is C16H21FN2O3. The minimum absolute atomic E-state index is 0.220. The summed E-state index contributed by atoms with van der Waals surface area (Å²) >= 11 is 0. The van der Waals surface area contributed by atoms with Crippen LogP contribution in [0.2, 0.25) is 0 Å². The molecule has 3 rings (SSSR count). The molecule has 0 aliphatic carbocycles. The van der Waals surface area contributed by atoms with E-state index in [2.05, 4.69) is 0 Å². The van der Waals surface area contributed by atoms with Gasteiger partial charge in [-0.1, -0.05) is 0 Å². The summed E-state index contributed by atoms with van der Waals surface area (Å²) in [4.78, 5) is 1.90. The number of aromatic nitrogens is 1. The van der Waals surface area contributed by atoms with Crippen molar-refractivity contribution in [1.29, 1.82) is 0 Å². The van der Waals surface area contributed by atoms with E-state index in [0.717, 1.165) is 16.5 Å². The molecule has 120 valence electrons. The number of aryl methyl sites for hydroxylation is 1. The third kappa shape index (κ3) is 2.32. The molecule has 1 fully saturated rings. The standard InChI is InChI=1S/C16H21FN2O3/c1-9-15(21)16(22)14(8-20)19(9)7-10-6-18(2)13-5-11(17)3-4-12(10)13/h3-6,9,14-16,20-22H,7-8H2,1-2H3/t9-,14+,15-,16+/m0/s1. The zero-order valence-corrected chi connectivity index (χ0v) is 12.6. The van der Waals surface area contributed by atoms with Gasteiger partial charge in [0.25, 0.3) is 0 Å². The number of halogens is 1. The van der Waals surface area contributed by atoms with Gasteiger partial charge in [0.1, 0.15) is 5.82 Å². The van der Waals surface area contributed by atoms with Gasteiger partial charge in [-0.05, 0) is 30.7 Å². The van der Waals surface area contributed by atoms with Crippen molar-refractivity contribution in [2.75, 3.05) is 6.61 Å². The van der Waals surface area contributed by atoms with E-state index in [4.69, 9.17) is 0 Å². The Kier molecular flexibility index (Phi) is 3.94. The van der Waals surface area contributed by atoms with Crippen LogP contribution in [0.3, 0.4) is 0 Å². The van der Waals surface area contributed by atoms with E-state index in [1.165, 1.54) is 12.1 Å². The van der Waals surface area contributed by atoms with E-state index in [1.54, 1.807) is 6.07 Å². The van der Waals surface area contributed by atoms with Gasteiger partial charge in [-0.3, -0.25) is 4.90 Å². The smallest absolute Gasteiger partial charge is 0.125 e. The van der Waals surface area contributed by atoms with Crippen LogP contribution in [-0.4, -0.2) is 55.7 Å². The molecular weight excluding hydrogens is 287 g/mol. The number of aliphatic hydroxyl groups is 3. The van der Waals surface area contributed by atoms with Crippen molar-refractivity contribution in [1.82, 2.24) is 9.47 Å². The van der Waals surface area contributed by atoms with Crippen LogP contribution in [0.25, 0.3) is 10.9 Å². The summed E-state index contributed by atoms with van der Waals surface area (Å²) in [7, 11) is 1.85. The largest absolute Gasteiger partial charge is 0.395 e. The third-order valence-corrected chi connectivity index (χ3v) is 4.76. The fourth-order valence-corrected chi connectivity index (χ4v) is 3.45. The fraction of sp³-hybridized carbons (Fsp3) is 0.500. The number of benzene rings is 1. The average Bonchev–Trinajstić information content (AvgIpc) is 2.90. The van der Waals surface area contributed by atoms with Crippen LogP contribution in [0.5, 0.6) is 0 Å². The van der Waals surface area contributed by atoms with Crippen LogP contribution < -0.4 is 0 Å². The van der Waals surface area contributed by atoms with Crippen molar-refractivity contribution in [3.8, 4) is 0 Å². The lowest BCUT2D eigenvalue weighted by Gasteiger charge is -2.27. The maximum absolute atomic E-state index is 13.4. The maximum atomic E-state index is 13.4. The lowest BCUT2D eigenvalue weighted by Crippen LogP contribution is -2.40. The minimum Gasteiger partial charge on any atom is -0.395 e. The molecule has 0 unspecified atom stereocenters. The second kappa shape index (κ2) is 5.62. The first-order valence-corrected chi connectivity index (χ1v) is 7.40. The monoisotopic (exact) mass is 308 g/mol. The molecule has 22 heavy (non-hydrogen) atoms. The minimum atomic E-state index is -0.965. The molecule has 1 aromatic heterocycles. The van der Waals surface area contributed by atoms with E-state index >= 15 is 0 Å².